The lowest BCUT2D eigenvalue weighted by Gasteiger charge is -2.13. The van der Waals surface area contributed by atoms with Crippen LogP contribution in [0.3, 0.4) is 0 Å². The molecular formula is C27H32O3. The molecule has 3 aromatic rings. The topological polar surface area (TPSA) is 27.7 Å². The number of hydrogen-bond donors (Lipinski definition) is 0. The smallest absolute Gasteiger partial charge is 0.130 e. The van der Waals surface area contributed by atoms with Crippen LogP contribution < -0.4 is 14.2 Å². The van der Waals surface area contributed by atoms with Crippen molar-refractivity contribution < 1.29 is 14.2 Å². The average molecular weight is 405 g/mol. The summed E-state index contributed by atoms with van der Waals surface area (Å²) in [7, 11) is 1.70. The quantitative estimate of drug-likeness (QED) is 0.312. The molecule has 3 rings (SSSR count). The van der Waals surface area contributed by atoms with Gasteiger partial charge in [-0.05, 0) is 53.8 Å². The van der Waals surface area contributed by atoms with E-state index in [2.05, 4.69) is 56.3 Å². The molecule has 0 aliphatic rings. The molecule has 0 heterocycles. The van der Waals surface area contributed by atoms with Crippen LogP contribution in [0.2, 0.25) is 0 Å². The Morgan fingerprint density at radius 3 is 1.67 bits per heavy atom. The van der Waals surface area contributed by atoms with E-state index in [1.165, 1.54) is 11.1 Å². The van der Waals surface area contributed by atoms with E-state index in [0.29, 0.717) is 0 Å². The normalized spacial score (nSPS) is 10.6. The van der Waals surface area contributed by atoms with E-state index < -0.39 is 0 Å². The highest BCUT2D eigenvalue weighted by Crippen LogP contribution is 2.34. The van der Waals surface area contributed by atoms with Crippen LogP contribution in [-0.4, -0.2) is 20.3 Å². The van der Waals surface area contributed by atoms with E-state index in [1.807, 2.05) is 24.3 Å². The van der Waals surface area contributed by atoms with E-state index in [-0.39, 0.29) is 0 Å². The summed E-state index contributed by atoms with van der Waals surface area (Å²) in [6, 6.07) is 22.9. The molecule has 3 heteroatoms. The predicted molar refractivity (Wildman–Crippen MR) is 125 cm³/mol. The lowest BCUT2D eigenvalue weighted by atomic mass is 9.99. The van der Waals surface area contributed by atoms with Crippen LogP contribution in [0.1, 0.15) is 39.5 Å². The fourth-order valence-electron chi connectivity index (χ4n) is 3.25. The van der Waals surface area contributed by atoms with Gasteiger partial charge in [0, 0.05) is 11.6 Å². The van der Waals surface area contributed by atoms with Gasteiger partial charge in [-0.25, -0.2) is 0 Å². The van der Waals surface area contributed by atoms with Crippen molar-refractivity contribution >= 4 is 0 Å². The van der Waals surface area contributed by atoms with Gasteiger partial charge in [-0.3, -0.25) is 0 Å². The molecule has 0 unspecified atom stereocenters. The van der Waals surface area contributed by atoms with Gasteiger partial charge in [0.1, 0.15) is 17.2 Å². The number of benzene rings is 3. The Morgan fingerprint density at radius 2 is 1.10 bits per heavy atom. The van der Waals surface area contributed by atoms with E-state index in [9.17, 15) is 0 Å². The SMILES string of the molecule is CCCCOc1ccc(-c2ccc(-c3ccc(OCCCC)cc3OC)cc2)cc1. The molecule has 0 aliphatic heterocycles. The Morgan fingerprint density at radius 1 is 0.600 bits per heavy atom. The van der Waals surface area contributed by atoms with Gasteiger partial charge in [-0.1, -0.05) is 63.1 Å². The number of methoxy groups -OCH3 is 1. The monoisotopic (exact) mass is 404 g/mol. The van der Waals surface area contributed by atoms with Crippen molar-refractivity contribution in [3.05, 3.63) is 66.7 Å². The summed E-state index contributed by atoms with van der Waals surface area (Å²) in [6.07, 6.45) is 4.40. The van der Waals surface area contributed by atoms with Crippen LogP contribution >= 0.6 is 0 Å². The summed E-state index contributed by atoms with van der Waals surface area (Å²) in [5.74, 6) is 2.60. The van der Waals surface area contributed by atoms with Gasteiger partial charge in [0.25, 0.3) is 0 Å². The van der Waals surface area contributed by atoms with Gasteiger partial charge in [-0.15, -0.1) is 0 Å². The maximum atomic E-state index is 5.81. The highest BCUT2D eigenvalue weighted by Gasteiger charge is 2.09. The molecule has 0 aromatic heterocycles. The molecule has 0 atom stereocenters. The molecule has 0 fully saturated rings. The first kappa shape index (κ1) is 21.8. The molecule has 0 bridgehead atoms. The Balaban J connectivity index is 1.72. The summed E-state index contributed by atoms with van der Waals surface area (Å²) >= 11 is 0. The summed E-state index contributed by atoms with van der Waals surface area (Å²) in [5, 5.41) is 0. The van der Waals surface area contributed by atoms with Crippen LogP contribution in [0.4, 0.5) is 0 Å². The molecule has 0 N–H and O–H groups in total. The van der Waals surface area contributed by atoms with Crippen LogP contribution in [-0.2, 0) is 0 Å². The fourth-order valence-corrected chi connectivity index (χ4v) is 3.25. The zero-order chi connectivity index (χ0) is 21.2. The second-order valence-corrected chi connectivity index (χ2v) is 7.37. The van der Waals surface area contributed by atoms with Crippen LogP contribution in [0, 0.1) is 0 Å². The van der Waals surface area contributed by atoms with Gasteiger partial charge in [0.2, 0.25) is 0 Å². The maximum absolute atomic E-state index is 5.81. The molecule has 0 radical (unpaired) electrons. The highest BCUT2D eigenvalue weighted by atomic mass is 16.5. The van der Waals surface area contributed by atoms with Crippen LogP contribution in [0.5, 0.6) is 17.2 Å². The summed E-state index contributed by atoms with van der Waals surface area (Å²) in [4.78, 5) is 0. The average Bonchev–Trinajstić information content (AvgIpc) is 2.80. The lowest BCUT2D eigenvalue weighted by molar-refractivity contribution is 0.307. The third-order valence-corrected chi connectivity index (χ3v) is 5.09. The molecule has 0 aliphatic carbocycles. The van der Waals surface area contributed by atoms with Gasteiger partial charge in [0.05, 0.1) is 20.3 Å². The largest absolute Gasteiger partial charge is 0.496 e. The van der Waals surface area contributed by atoms with Crippen molar-refractivity contribution in [2.75, 3.05) is 20.3 Å². The first-order chi connectivity index (χ1) is 14.7. The highest BCUT2D eigenvalue weighted by molar-refractivity contribution is 5.75. The minimum atomic E-state index is 0.732. The standard InChI is InChI=1S/C27H32O3/c1-4-6-18-29-24-14-12-22(13-15-24)21-8-10-23(11-9-21)26-17-16-25(20-27(26)28-3)30-19-7-5-2/h8-17,20H,4-7,18-19H2,1-3H3. The first-order valence-electron chi connectivity index (χ1n) is 10.9. The second-order valence-electron chi connectivity index (χ2n) is 7.37. The van der Waals surface area contributed by atoms with Gasteiger partial charge in [0.15, 0.2) is 0 Å². The van der Waals surface area contributed by atoms with Crippen molar-refractivity contribution in [2.24, 2.45) is 0 Å². The zero-order valence-electron chi connectivity index (χ0n) is 18.3. The Labute approximate surface area is 180 Å². The Bertz CT molecular complexity index is 898. The van der Waals surface area contributed by atoms with Crippen LogP contribution in [0.15, 0.2) is 66.7 Å². The minimum Gasteiger partial charge on any atom is -0.496 e. The summed E-state index contributed by atoms with van der Waals surface area (Å²) in [6.45, 7) is 5.83. The number of ether oxygens (including phenoxy) is 3. The molecule has 30 heavy (non-hydrogen) atoms. The van der Waals surface area contributed by atoms with E-state index in [4.69, 9.17) is 14.2 Å². The van der Waals surface area contributed by atoms with E-state index in [0.717, 1.165) is 67.3 Å². The Hall–Kier alpha value is -2.94. The number of unbranched alkanes of at least 4 members (excludes halogenated alkanes) is 2. The molecule has 0 saturated carbocycles. The molecule has 0 saturated heterocycles. The second kappa shape index (κ2) is 11.3. The molecule has 158 valence electrons. The van der Waals surface area contributed by atoms with Gasteiger partial charge < -0.3 is 14.2 Å². The first-order valence-corrected chi connectivity index (χ1v) is 10.9. The molecule has 0 spiro atoms. The summed E-state index contributed by atoms with van der Waals surface area (Å²) in [5.41, 5.74) is 4.54. The van der Waals surface area contributed by atoms with Crippen molar-refractivity contribution in [2.45, 2.75) is 39.5 Å². The van der Waals surface area contributed by atoms with E-state index >= 15 is 0 Å². The molecule has 3 nitrogen and oxygen atoms in total. The summed E-state index contributed by atoms with van der Waals surface area (Å²) < 4.78 is 17.2. The zero-order valence-corrected chi connectivity index (χ0v) is 18.3. The molecule has 3 aromatic carbocycles. The van der Waals surface area contributed by atoms with E-state index in [1.54, 1.807) is 7.11 Å². The molecule has 0 amide bonds. The molecular weight excluding hydrogens is 372 g/mol. The third-order valence-electron chi connectivity index (χ3n) is 5.09. The van der Waals surface area contributed by atoms with Crippen molar-refractivity contribution in [1.29, 1.82) is 0 Å². The number of hydrogen-bond acceptors (Lipinski definition) is 3. The van der Waals surface area contributed by atoms with Crippen molar-refractivity contribution in [3.63, 3.8) is 0 Å². The van der Waals surface area contributed by atoms with Gasteiger partial charge in [-0.2, -0.15) is 0 Å². The van der Waals surface area contributed by atoms with Gasteiger partial charge >= 0.3 is 0 Å². The van der Waals surface area contributed by atoms with Crippen molar-refractivity contribution in [1.82, 2.24) is 0 Å². The minimum absolute atomic E-state index is 0.732. The Kier molecular flexibility index (Phi) is 8.20. The maximum Gasteiger partial charge on any atom is 0.130 e. The van der Waals surface area contributed by atoms with Crippen molar-refractivity contribution in [3.8, 4) is 39.5 Å². The predicted octanol–water partition coefficient (Wildman–Crippen LogP) is 7.39. The van der Waals surface area contributed by atoms with Crippen LogP contribution in [0.25, 0.3) is 22.3 Å². The number of rotatable bonds is 11. The third kappa shape index (κ3) is 5.79. The lowest BCUT2D eigenvalue weighted by Crippen LogP contribution is -1.97. The fraction of sp³-hybridized carbons (Fsp3) is 0.333.